The quantitative estimate of drug-likeness (QED) is 0.663. The standard InChI is InChI=1S/C21H20ClNO2S/c1-12(2)26-19-18(15-6-5-13(3)14(4)11-15)20(24)23(21(19)25)17-9-7-16(22)8-10-17/h5-12H,1-4H3. The van der Waals surface area contributed by atoms with Gasteiger partial charge in [-0.3, -0.25) is 9.59 Å². The molecule has 0 N–H and O–H groups in total. The van der Waals surface area contributed by atoms with Crippen LogP contribution in [0.15, 0.2) is 47.4 Å². The molecule has 2 amide bonds. The number of carbonyl (C=O) groups excluding carboxylic acids is 2. The van der Waals surface area contributed by atoms with Crippen LogP contribution in [0.4, 0.5) is 5.69 Å². The van der Waals surface area contributed by atoms with Crippen LogP contribution >= 0.6 is 23.4 Å². The van der Waals surface area contributed by atoms with Crippen molar-refractivity contribution in [2.45, 2.75) is 32.9 Å². The van der Waals surface area contributed by atoms with Crippen LogP contribution in [-0.4, -0.2) is 17.1 Å². The molecule has 2 aromatic carbocycles. The normalized spacial score (nSPS) is 14.8. The lowest BCUT2D eigenvalue weighted by Crippen LogP contribution is -2.31. The molecule has 2 aromatic rings. The van der Waals surface area contributed by atoms with Crippen molar-refractivity contribution in [2.75, 3.05) is 4.90 Å². The van der Waals surface area contributed by atoms with E-state index in [-0.39, 0.29) is 17.1 Å². The van der Waals surface area contributed by atoms with Gasteiger partial charge in [0.1, 0.15) is 0 Å². The Bertz CT molecular complexity index is 916. The van der Waals surface area contributed by atoms with E-state index in [0.29, 0.717) is 21.2 Å². The molecule has 0 spiro atoms. The highest BCUT2D eigenvalue weighted by atomic mass is 35.5. The maximum Gasteiger partial charge on any atom is 0.272 e. The molecule has 0 fully saturated rings. The van der Waals surface area contributed by atoms with Crippen LogP contribution in [0.25, 0.3) is 5.57 Å². The number of amides is 2. The molecule has 0 radical (unpaired) electrons. The van der Waals surface area contributed by atoms with Gasteiger partial charge < -0.3 is 0 Å². The molecule has 26 heavy (non-hydrogen) atoms. The Labute approximate surface area is 163 Å². The van der Waals surface area contributed by atoms with Crippen LogP contribution in [0, 0.1) is 13.8 Å². The van der Waals surface area contributed by atoms with Gasteiger partial charge in [-0.1, -0.05) is 43.6 Å². The molecule has 1 aliphatic heterocycles. The van der Waals surface area contributed by atoms with Gasteiger partial charge in [-0.2, -0.15) is 0 Å². The Kier molecular flexibility index (Phi) is 5.26. The largest absolute Gasteiger partial charge is 0.272 e. The summed E-state index contributed by atoms with van der Waals surface area (Å²) in [6.45, 7) is 8.06. The van der Waals surface area contributed by atoms with E-state index in [1.165, 1.54) is 16.7 Å². The van der Waals surface area contributed by atoms with Gasteiger partial charge in [-0.15, -0.1) is 11.8 Å². The van der Waals surface area contributed by atoms with Crippen LogP contribution in [0.1, 0.15) is 30.5 Å². The van der Waals surface area contributed by atoms with Crippen molar-refractivity contribution >= 4 is 46.4 Å². The molecule has 0 unspecified atom stereocenters. The summed E-state index contributed by atoms with van der Waals surface area (Å²) in [4.78, 5) is 28.0. The predicted molar refractivity (Wildman–Crippen MR) is 110 cm³/mol. The highest BCUT2D eigenvalue weighted by Gasteiger charge is 2.40. The lowest BCUT2D eigenvalue weighted by molar-refractivity contribution is -0.119. The SMILES string of the molecule is Cc1ccc(C2=C(SC(C)C)C(=O)N(c3ccc(Cl)cc3)C2=O)cc1C. The van der Waals surface area contributed by atoms with Crippen LogP contribution in [0.5, 0.6) is 0 Å². The molecule has 0 bridgehead atoms. The smallest absolute Gasteiger partial charge is 0.268 e. The zero-order valence-corrected chi connectivity index (χ0v) is 16.7. The summed E-state index contributed by atoms with van der Waals surface area (Å²) in [6.07, 6.45) is 0. The van der Waals surface area contributed by atoms with E-state index in [1.54, 1.807) is 24.3 Å². The zero-order valence-electron chi connectivity index (χ0n) is 15.2. The minimum atomic E-state index is -0.288. The summed E-state index contributed by atoms with van der Waals surface area (Å²) in [5.74, 6) is -0.562. The van der Waals surface area contributed by atoms with Crippen LogP contribution in [-0.2, 0) is 9.59 Å². The maximum absolute atomic E-state index is 13.2. The molecule has 0 saturated carbocycles. The highest BCUT2D eigenvalue weighted by Crippen LogP contribution is 2.40. The highest BCUT2D eigenvalue weighted by molar-refractivity contribution is 8.04. The fourth-order valence-corrected chi connectivity index (χ4v) is 3.94. The van der Waals surface area contributed by atoms with Crippen LogP contribution in [0.2, 0.25) is 5.02 Å². The first-order valence-electron chi connectivity index (χ1n) is 8.42. The number of halogens is 1. The van der Waals surface area contributed by atoms with E-state index < -0.39 is 0 Å². The summed E-state index contributed by atoms with van der Waals surface area (Å²) in [7, 11) is 0. The third-order valence-electron chi connectivity index (χ3n) is 4.28. The van der Waals surface area contributed by atoms with Crippen molar-refractivity contribution in [1.29, 1.82) is 0 Å². The van der Waals surface area contributed by atoms with Crippen molar-refractivity contribution in [2.24, 2.45) is 0 Å². The second-order valence-electron chi connectivity index (χ2n) is 6.59. The first-order valence-corrected chi connectivity index (χ1v) is 9.68. The Morgan fingerprint density at radius 2 is 1.58 bits per heavy atom. The minimum absolute atomic E-state index is 0.188. The number of nitrogens with zero attached hydrogens (tertiary/aromatic N) is 1. The first-order chi connectivity index (χ1) is 12.3. The molecular formula is C21H20ClNO2S. The third-order valence-corrected chi connectivity index (χ3v) is 5.61. The van der Waals surface area contributed by atoms with Crippen molar-refractivity contribution in [3.63, 3.8) is 0 Å². The molecular weight excluding hydrogens is 366 g/mol. The Balaban J connectivity index is 2.12. The van der Waals surface area contributed by atoms with Gasteiger partial charge in [0, 0.05) is 10.3 Å². The van der Waals surface area contributed by atoms with Gasteiger partial charge in [-0.25, -0.2) is 4.90 Å². The number of rotatable bonds is 4. The van der Waals surface area contributed by atoms with E-state index in [0.717, 1.165) is 16.7 Å². The van der Waals surface area contributed by atoms with Gasteiger partial charge in [0.05, 0.1) is 16.2 Å². The summed E-state index contributed by atoms with van der Waals surface area (Å²) < 4.78 is 0. The number of carbonyl (C=O) groups is 2. The summed E-state index contributed by atoms with van der Waals surface area (Å²) in [5, 5.41) is 0.750. The number of hydrogen-bond donors (Lipinski definition) is 0. The van der Waals surface area contributed by atoms with Gasteiger partial charge in [0.25, 0.3) is 11.8 Å². The number of thioether (sulfide) groups is 1. The number of benzene rings is 2. The molecule has 1 aliphatic rings. The number of hydrogen-bond acceptors (Lipinski definition) is 3. The summed E-state index contributed by atoms with van der Waals surface area (Å²) in [6, 6.07) is 12.6. The maximum atomic E-state index is 13.2. The van der Waals surface area contributed by atoms with Crippen molar-refractivity contribution in [3.8, 4) is 0 Å². The van der Waals surface area contributed by atoms with Crippen LogP contribution < -0.4 is 4.90 Å². The molecule has 0 aliphatic carbocycles. The van der Waals surface area contributed by atoms with Crippen molar-refractivity contribution in [1.82, 2.24) is 0 Å². The van der Waals surface area contributed by atoms with Gasteiger partial charge in [0.15, 0.2) is 0 Å². The van der Waals surface area contributed by atoms with Gasteiger partial charge >= 0.3 is 0 Å². The summed E-state index contributed by atoms with van der Waals surface area (Å²) >= 11 is 7.37. The van der Waals surface area contributed by atoms with Crippen molar-refractivity contribution < 1.29 is 9.59 Å². The Hall–Kier alpha value is -2.04. The van der Waals surface area contributed by atoms with E-state index in [1.807, 2.05) is 45.9 Å². The molecule has 3 nitrogen and oxygen atoms in total. The number of aryl methyl sites for hydroxylation is 2. The lowest BCUT2D eigenvalue weighted by atomic mass is 10.0. The number of imide groups is 1. The average Bonchev–Trinajstić information content (AvgIpc) is 2.81. The van der Waals surface area contributed by atoms with Gasteiger partial charge in [0.2, 0.25) is 0 Å². The molecule has 0 atom stereocenters. The van der Waals surface area contributed by atoms with E-state index >= 15 is 0 Å². The Morgan fingerprint density at radius 1 is 0.923 bits per heavy atom. The third kappa shape index (κ3) is 3.44. The molecule has 0 aromatic heterocycles. The fourth-order valence-electron chi connectivity index (χ4n) is 2.83. The molecule has 1 heterocycles. The topological polar surface area (TPSA) is 37.4 Å². The molecule has 3 rings (SSSR count). The van der Waals surface area contributed by atoms with Crippen LogP contribution in [0.3, 0.4) is 0 Å². The lowest BCUT2D eigenvalue weighted by Gasteiger charge is -2.15. The fraction of sp³-hybridized carbons (Fsp3) is 0.238. The molecule has 134 valence electrons. The van der Waals surface area contributed by atoms with E-state index in [4.69, 9.17) is 11.6 Å². The minimum Gasteiger partial charge on any atom is -0.268 e. The monoisotopic (exact) mass is 385 g/mol. The molecule has 5 heteroatoms. The predicted octanol–water partition coefficient (Wildman–Crippen LogP) is 5.38. The first kappa shape index (κ1) is 18.7. The zero-order chi connectivity index (χ0) is 19.0. The van der Waals surface area contributed by atoms with E-state index in [2.05, 4.69) is 0 Å². The second kappa shape index (κ2) is 7.29. The average molecular weight is 386 g/mol. The van der Waals surface area contributed by atoms with Gasteiger partial charge in [-0.05, 0) is 54.8 Å². The number of anilines is 1. The van der Waals surface area contributed by atoms with E-state index in [9.17, 15) is 9.59 Å². The summed E-state index contributed by atoms with van der Waals surface area (Å²) in [5.41, 5.74) is 4.04. The molecule has 0 saturated heterocycles. The van der Waals surface area contributed by atoms with Crippen molar-refractivity contribution in [3.05, 3.63) is 69.1 Å². The second-order valence-corrected chi connectivity index (χ2v) is 8.62. The Morgan fingerprint density at radius 3 is 2.15 bits per heavy atom.